The lowest BCUT2D eigenvalue weighted by atomic mass is 9.96. The van der Waals surface area contributed by atoms with Crippen molar-refractivity contribution < 1.29 is 27.9 Å². The Morgan fingerprint density at radius 1 is 1.19 bits per heavy atom. The van der Waals surface area contributed by atoms with Crippen molar-refractivity contribution in [1.82, 2.24) is 15.5 Å². The average Bonchev–Trinajstić information content (AvgIpc) is 2.80. The molecule has 0 aliphatic carbocycles. The lowest BCUT2D eigenvalue weighted by Crippen LogP contribution is -2.50. The fourth-order valence-electron chi connectivity index (χ4n) is 3.66. The van der Waals surface area contributed by atoms with Crippen molar-refractivity contribution in [3.8, 4) is 0 Å². The molecule has 0 fully saturated rings. The van der Waals surface area contributed by atoms with Gasteiger partial charge in [-0.2, -0.15) is 0 Å². The smallest absolute Gasteiger partial charge is 0.328 e. The highest BCUT2D eigenvalue weighted by atomic mass is 35.5. The Morgan fingerprint density at radius 3 is 2.43 bits per heavy atom. The number of carboxylic acid groups (broad SMARTS) is 1. The normalized spacial score (nSPS) is 14.5. The highest BCUT2D eigenvalue weighted by Gasteiger charge is 2.29. The van der Waals surface area contributed by atoms with Gasteiger partial charge in [0.2, 0.25) is 5.96 Å². The van der Waals surface area contributed by atoms with Crippen molar-refractivity contribution in [2.75, 3.05) is 19.3 Å². The van der Waals surface area contributed by atoms with Gasteiger partial charge in [-0.3, -0.25) is 9.59 Å². The van der Waals surface area contributed by atoms with E-state index in [0.717, 1.165) is 6.26 Å². The van der Waals surface area contributed by atoms with E-state index < -0.39 is 40.4 Å². The molecule has 2 aromatic carbocycles. The number of benzene rings is 2. The topological polar surface area (TPSA) is 171 Å². The van der Waals surface area contributed by atoms with Crippen LogP contribution < -0.4 is 16.4 Å². The quantitative estimate of drug-likeness (QED) is 0.280. The Hall–Kier alpha value is -3.06. The molecule has 1 heterocycles. The van der Waals surface area contributed by atoms with Gasteiger partial charge in [-0.05, 0) is 47.9 Å². The fourth-order valence-corrected chi connectivity index (χ4v) is 4.97. The van der Waals surface area contributed by atoms with Gasteiger partial charge in [0.15, 0.2) is 0 Å². The number of hydrogen-bond donors (Lipinski definition) is 4. The lowest BCUT2D eigenvalue weighted by Gasteiger charge is -2.30. The first-order valence-electron chi connectivity index (χ1n) is 10.6. The van der Waals surface area contributed by atoms with Gasteiger partial charge in [-0.15, -0.1) is 4.40 Å². The molecular weight excluding hydrogens is 569 g/mol. The summed E-state index contributed by atoms with van der Waals surface area (Å²) in [5.41, 5.74) is 7.05. The lowest BCUT2D eigenvalue weighted by molar-refractivity contribution is -0.139. The minimum absolute atomic E-state index is 0.0303. The number of aliphatic carboxylic acids is 1. The van der Waals surface area contributed by atoms with Crippen molar-refractivity contribution in [2.45, 2.75) is 19.0 Å². The molecule has 0 radical (unpaired) electrons. The summed E-state index contributed by atoms with van der Waals surface area (Å²) in [7, 11) is -3.80. The highest BCUT2D eigenvalue weighted by Crippen LogP contribution is 2.35. The van der Waals surface area contributed by atoms with Crippen LogP contribution in [-0.2, 0) is 27.8 Å². The van der Waals surface area contributed by atoms with Crippen LogP contribution in [0.25, 0.3) is 0 Å². The monoisotopic (exact) mass is 589 g/mol. The van der Waals surface area contributed by atoms with Crippen LogP contribution in [-0.4, -0.2) is 67.6 Å². The van der Waals surface area contributed by atoms with Crippen LogP contribution >= 0.6 is 34.8 Å². The van der Waals surface area contributed by atoms with E-state index in [1.165, 1.54) is 6.07 Å². The van der Waals surface area contributed by atoms with Gasteiger partial charge in [-0.1, -0.05) is 34.8 Å². The number of hydrogen-bond acceptors (Lipinski definition) is 5. The number of carbonyl (C=O) groups excluding carboxylic acids is 2. The Bertz CT molecular complexity index is 1380. The number of fused-ring (bicyclic) bond motifs is 1. The standard InChI is InChI=1S/C22H22Cl3N5O6S/c1-37(35,36)29-22(26)27-9-16(21(33)34)28-19(31)17-15(24)8-12-10-30(7-6-14(12)18(17)25)20(32)11-2-4-13(23)5-3-11/h2-5,8,16H,6-7,9-10H2,1H3,(H,28,31)(H,33,34)(H3,26,27,29)/t16-/m0/s1. The zero-order chi connectivity index (χ0) is 27.5. The number of guanidine groups is 1. The number of nitrogens with two attached hydrogens (primary N) is 1. The molecule has 2 aromatic rings. The average molecular weight is 591 g/mol. The number of amides is 2. The number of halogens is 3. The van der Waals surface area contributed by atoms with Gasteiger partial charge in [0, 0.05) is 30.2 Å². The van der Waals surface area contributed by atoms with Crippen molar-refractivity contribution in [1.29, 1.82) is 0 Å². The third kappa shape index (κ3) is 7.25. The van der Waals surface area contributed by atoms with E-state index in [1.807, 2.05) is 0 Å². The maximum absolute atomic E-state index is 12.9. The Kier molecular flexibility index (Phi) is 8.90. The van der Waals surface area contributed by atoms with E-state index in [4.69, 9.17) is 40.5 Å². The summed E-state index contributed by atoms with van der Waals surface area (Å²) in [4.78, 5) is 39.1. The van der Waals surface area contributed by atoms with Gasteiger partial charge in [-0.25, -0.2) is 13.2 Å². The molecule has 2 amide bonds. The summed E-state index contributed by atoms with van der Waals surface area (Å²) < 4.78 is 25.5. The number of carbonyl (C=O) groups is 3. The first-order chi connectivity index (χ1) is 17.3. The summed E-state index contributed by atoms with van der Waals surface area (Å²) in [6.45, 7) is 0.0735. The first kappa shape index (κ1) is 28.5. The van der Waals surface area contributed by atoms with Crippen LogP contribution in [0.1, 0.15) is 31.8 Å². The zero-order valence-corrected chi connectivity index (χ0v) is 22.4. The maximum atomic E-state index is 12.9. The molecular formula is C22H22Cl3N5O6S. The predicted octanol–water partition coefficient (Wildman–Crippen LogP) is 1.89. The number of sulfonamides is 1. The molecule has 0 bridgehead atoms. The summed E-state index contributed by atoms with van der Waals surface area (Å²) in [6.07, 6.45) is 1.15. The SMILES string of the molecule is CS(=O)(=O)/N=C(/N)NC[C@H](NC(=O)c1c(Cl)cc2c(c1Cl)CCN(C(=O)c1ccc(Cl)cc1)C2)C(=O)O. The third-order valence-corrected chi connectivity index (χ3v) is 6.86. The van der Waals surface area contributed by atoms with Crippen LogP contribution in [0.2, 0.25) is 15.1 Å². The molecule has 0 spiro atoms. The van der Waals surface area contributed by atoms with Crippen molar-refractivity contribution in [2.24, 2.45) is 10.1 Å². The van der Waals surface area contributed by atoms with Crippen LogP contribution in [0.3, 0.4) is 0 Å². The summed E-state index contributed by atoms with van der Waals surface area (Å²) in [6, 6.07) is 6.50. The zero-order valence-electron chi connectivity index (χ0n) is 19.3. The van der Waals surface area contributed by atoms with E-state index in [2.05, 4.69) is 15.0 Å². The summed E-state index contributed by atoms with van der Waals surface area (Å²) in [5, 5.41) is 14.6. The molecule has 0 aromatic heterocycles. The number of nitrogens with one attached hydrogen (secondary N) is 2. The second-order valence-electron chi connectivity index (χ2n) is 8.12. The summed E-state index contributed by atoms with van der Waals surface area (Å²) in [5.74, 6) is -3.02. The molecule has 3 rings (SSSR count). The Morgan fingerprint density at radius 2 is 1.84 bits per heavy atom. The van der Waals surface area contributed by atoms with Crippen LogP contribution in [0, 0.1) is 0 Å². The Labute approximate surface area is 227 Å². The number of nitrogens with zero attached hydrogens (tertiary/aromatic N) is 2. The van der Waals surface area contributed by atoms with Gasteiger partial charge < -0.3 is 26.4 Å². The van der Waals surface area contributed by atoms with E-state index in [0.29, 0.717) is 34.7 Å². The van der Waals surface area contributed by atoms with Gasteiger partial charge in [0.05, 0.1) is 21.9 Å². The van der Waals surface area contributed by atoms with Crippen molar-refractivity contribution >= 4 is 68.6 Å². The minimum atomic E-state index is -3.80. The number of carboxylic acids is 1. The molecule has 15 heteroatoms. The maximum Gasteiger partial charge on any atom is 0.328 e. The Balaban J connectivity index is 1.77. The molecule has 37 heavy (non-hydrogen) atoms. The molecule has 0 saturated carbocycles. The van der Waals surface area contributed by atoms with Gasteiger partial charge >= 0.3 is 5.97 Å². The molecule has 198 valence electrons. The molecule has 5 N–H and O–H groups in total. The van der Waals surface area contributed by atoms with Crippen LogP contribution in [0.5, 0.6) is 0 Å². The fraction of sp³-hybridized carbons (Fsp3) is 0.273. The highest BCUT2D eigenvalue weighted by molar-refractivity contribution is 7.89. The van der Waals surface area contributed by atoms with E-state index in [1.54, 1.807) is 29.2 Å². The molecule has 1 atom stereocenters. The van der Waals surface area contributed by atoms with Gasteiger partial charge in [0.25, 0.3) is 21.8 Å². The first-order valence-corrected chi connectivity index (χ1v) is 13.6. The second kappa shape index (κ2) is 11.5. The minimum Gasteiger partial charge on any atom is -0.480 e. The van der Waals surface area contributed by atoms with Crippen LogP contribution in [0.15, 0.2) is 34.7 Å². The molecule has 0 saturated heterocycles. The molecule has 1 aliphatic rings. The third-order valence-electron chi connectivity index (χ3n) is 5.37. The molecule has 0 unspecified atom stereocenters. The van der Waals surface area contributed by atoms with E-state index >= 15 is 0 Å². The summed E-state index contributed by atoms with van der Waals surface area (Å²) >= 11 is 18.8. The van der Waals surface area contributed by atoms with E-state index in [9.17, 15) is 27.9 Å². The van der Waals surface area contributed by atoms with Crippen LogP contribution in [0.4, 0.5) is 0 Å². The van der Waals surface area contributed by atoms with E-state index in [-0.39, 0.29) is 28.1 Å². The van der Waals surface area contributed by atoms with Gasteiger partial charge in [0.1, 0.15) is 6.04 Å². The second-order valence-corrected chi connectivity index (χ2v) is 11.0. The van der Waals surface area contributed by atoms with Crippen molar-refractivity contribution in [3.05, 3.63) is 67.7 Å². The number of rotatable bonds is 7. The molecule has 1 aliphatic heterocycles. The predicted molar refractivity (Wildman–Crippen MR) is 140 cm³/mol. The van der Waals surface area contributed by atoms with Crippen molar-refractivity contribution in [3.63, 3.8) is 0 Å². The largest absolute Gasteiger partial charge is 0.480 e. The molecule has 11 nitrogen and oxygen atoms in total.